The summed E-state index contributed by atoms with van der Waals surface area (Å²) < 4.78 is 1.47. The Bertz CT molecular complexity index is 1290. The Morgan fingerprint density at radius 3 is 2.58 bits per heavy atom. The molecule has 0 atom stereocenters. The Balaban J connectivity index is 1.41. The lowest BCUT2D eigenvalue weighted by atomic mass is 10.1. The summed E-state index contributed by atoms with van der Waals surface area (Å²) in [6.07, 6.45) is 0. The van der Waals surface area contributed by atoms with Crippen molar-refractivity contribution in [2.75, 3.05) is 16.4 Å². The second-order valence-electron chi connectivity index (χ2n) is 7.10. The largest absolute Gasteiger partial charge is 0.508 e. The van der Waals surface area contributed by atoms with Crippen molar-refractivity contribution in [2.24, 2.45) is 0 Å². The minimum absolute atomic E-state index is 0.0340. The van der Waals surface area contributed by atoms with E-state index in [1.54, 1.807) is 42.5 Å². The van der Waals surface area contributed by atoms with E-state index < -0.39 is 0 Å². The molecule has 9 nitrogen and oxygen atoms in total. The fourth-order valence-electron chi connectivity index (χ4n) is 3.05. The maximum absolute atomic E-state index is 12.8. The second-order valence-corrected chi connectivity index (χ2v) is 8.04. The van der Waals surface area contributed by atoms with Crippen molar-refractivity contribution in [3.8, 4) is 11.4 Å². The smallest absolute Gasteiger partial charge is 0.257 e. The molecule has 0 saturated carbocycles. The molecule has 1 heterocycles. The number of thioether (sulfide) groups is 1. The second kappa shape index (κ2) is 9.96. The van der Waals surface area contributed by atoms with E-state index in [1.807, 2.05) is 25.1 Å². The molecule has 4 rings (SSSR count). The molecule has 0 bridgehead atoms. The van der Waals surface area contributed by atoms with Gasteiger partial charge in [0.25, 0.3) is 5.91 Å². The Hall–Kier alpha value is -4.18. The molecule has 0 aliphatic rings. The predicted molar refractivity (Wildman–Crippen MR) is 126 cm³/mol. The van der Waals surface area contributed by atoms with Crippen LogP contribution in [0.4, 0.5) is 11.4 Å². The van der Waals surface area contributed by atoms with Crippen LogP contribution in [0, 0.1) is 6.92 Å². The third kappa shape index (κ3) is 5.55. The SMILES string of the molecule is Cc1cccc(NC(=O)c2ccccc2NC(=O)CSc2nnnn2-c2ccc(O)cc2)c1. The van der Waals surface area contributed by atoms with E-state index in [0.29, 0.717) is 27.8 Å². The first-order valence-electron chi connectivity index (χ1n) is 9.97. The quantitative estimate of drug-likeness (QED) is 0.360. The summed E-state index contributed by atoms with van der Waals surface area (Å²) in [4.78, 5) is 25.4. The van der Waals surface area contributed by atoms with Gasteiger partial charge in [-0.05, 0) is 71.4 Å². The number of aromatic hydroxyl groups is 1. The van der Waals surface area contributed by atoms with E-state index in [4.69, 9.17) is 0 Å². The summed E-state index contributed by atoms with van der Waals surface area (Å²) in [5.41, 5.74) is 3.12. The van der Waals surface area contributed by atoms with E-state index in [-0.39, 0.29) is 23.3 Å². The average molecular weight is 461 g/mol. The summed E-state index contributed by atoms with van der Waals surface area (Å²) in [7, 11) is 0. The lowest BCUT2D eigenvalue weighted by Crippen LogP contribution is -2.19. The number of hydrogen-bond acceptors (Lipinski definition) is 7. The first kappa shape index (κ1) is 22.0. The van der Waals surface area contributed by atoms with Gasteiger partial charge in [-0.1, -0.05) is 36.0 Å². The Morgan fingerprint density at radius 1 is 1.00 bits per heavy atom. The molecular formula is C23H20N6O3S. The number of amides is 2. The number of nitrogens with zero attached hydrogens (tertiary/aromatic N) is 4. The molecule has 0 aliphatic carbocycles. The number of phenols is 1. The van der Waals surface area contributed by atoms with Gasteiger partial charge in [0.15, 0.2) is 0 Å². The van der Waals surface area contributed by atoms with Gasteiger partial charge >= 0.3 is 0 Å². The first-order valence-corrected chi connectivity index (χ1v) is 11.0. The Labute approximate surface area is 193 Å². The predicted octanol–water partition coefficient (Wildman–Crippen LogP) is 3.66. The highest BCUT2D eigenvalue weighted by Gasteiger charge is 2.15. The topological polar surface area (TPSA) is 122 Å². The molecule has 3 aromatic carbocycles. The number of aryl methyl sites for hydroxylation is 1. The van der Waals surface area contributed by atoms with E-state index in [2.05, 4.69) is 26.2 Å². The van der Waals surface area contributed by atoms with Crippen molar-refractivity contribution >= 4 is 35.0 Å². The van der Waals surface area contributed by atoms with Crippen LogP contribution in [0.5, 0.6) is 5.75 Å². The highest BCUT2D eigenvalue weighted by atomic mass is 32.2. The molecule has 0 radical (unpaired) electrons. The van der Waals surface area contributed by atoms with Gasteiger partial charge in [-0.2, -0.15) is 4.68 Å². The molecule has 0 unspecified atom stereocenters. The number of benzene rings is 3. The number of anilines is 2. The minimum atomic E-state index is -0.319. The molecule has 4 aromatic rings. The van der Waals surface area contributed by atoms with Crippen LogP contribution in [-0.2, 0) is 4.79 Å². The van der Waals surface area contributed by atoms with Gasteiger partial charge in [0.05, 0.1) is 22.7 Å². The summed E-state index contributed by atoms with van der Waals surface area (Å²) in [6, 6.07) is 20.7. The lowest BCUT2D eigenvalue weighted by molar-refractivity contribution is -0.113. The van der Waals surface area contributed by atoms with Crippen molar-refractivity contribution in [3.05, 3.63) is 83.9 Å². The normalized spacial score (nSPS) is 10.6. The highest BCUT2D eigenvalue weighted by Crippen LogP contribution is 2.22. The Morgan fingerprint density at radius 2 is 1.79 bits per heavy atom. The fourth-order valence-corrected chi connectivity index (χ4v) is 3.74. The number of hydrogen-bond donors (Lipinski definition) is 3. The first-order chi connectivity index (χ1) is 16.0. The summed E-state index contributed by atoms with van der Waals surface area (Å²) >= 11 is 1.15. The van der Waals surface area contributed by atoms with Crippen molar-refractivity contribution in [3.63, 3.8) is 0 Å². The highest BCUT2D eigenvalue weighted by molar-refractivity contribution is 7.99. The van der Waals surface area contributed by atoms with Gasteiger partial charge in [-0.25, -0.2) is 0 Å². The van der Waals surface area contributed by atoms with Crippen LogP contribution < -0.4 is 10.6 Å². The molecule has 33 heavy (non-hydrogen) atoms. The van der Waals surface area contributed by atoms with Crippen LogP contribution >= 0.6 is 11.8 Å². The number of carbonyl (C=O) groups excluding carboxylic acids is 2. The molecule has 0 saturated heterocycles. The zero-order valence-electron chi connectivity index (χ0n) is 17.6. The molecule has 3 N–H and O–H groups in total. The van der Waals surface area contributed by atoms with Gasteiger partial charge in [-0.15, -0.1) is 5.10 Å². The summed E-state index contributed by atoms with van der Waals surface area (Å²) in [5, 5.41) is 27.0. The van der Waals surface area contributed by atoms with Gasteiger partial charge in [-0.3, -0.25) is 9.59 Å². The summed E-state index contributed by atoms with van der Waals surface area (Å²) in [5.74, 6) is -0.464. The van der Waals surface area contributed by atoms with Crippen molar-refractivity contribution in [2.45, 2.75) is 12.1 Å². The molecule has 166 valence electrons. The molecule has 0 aliphatic heterocycles. The van der Waals surface area contributed by atoms with Crippen LogP contribution in [0.1, 0.15) is 15.9 Å². The zero-order chi connectivity index (χ0) is 23.2. The standard InChI is InChI=1S/C23H20N6O3S/c1-15-5-4-6-16(13-15)24-22(32)19-7-2-3-8-20(19)25-21(31)14-33-23-26-27-28-29(23)17-9-11-18(30)12-10-17/h2-13,30H,14H2,1H3,(H,24,32)(H,25,31). The van der Waals surface area contributed by atoms with E-state index in [0.717, 1.165) is 17.3 Å². The number of para-hydroxylation sites is 1. The number of rotatable bonds is 7. The van der Waals surface area contributed by atoms with Gasteiger partial charge in [0.2, 0.25) is 11.1 Å². The average Bonchev–Trinajstić information content (AvgIpc) is 3.27. The van der Waals surface area contributed by atoms with E-state index >= 15 is 0 Å². The molecule has 10 heteroatoms. The fraction of sp³-hybridized carbons (Fsp3) is 0.0870. The molecule has 0 fully saturated rings. The number of aromatic nitrogens is 4. The molecule has 2 amide bonds. The number of phenolic OH excluding ortho intramolecular Hbond substituents is 1. The van der Waals surface area contributed by atoms with Crippen molar-refractivity contribution < 1.29 is 14.7 Å². The minimum Gasteiger partial charge on any atom is -0.508 e. The monoisotopic (exact) mass is 460 g/mol. The summed E-state index contributed by atoms with van der Waals surface area (Å²) in [6.45, 7) is 1.94. The molecule has 0 spiro atoms. The van der Waals surface area contributed by atoms with Crippen LogP contribution in [0.3, 0.4) is 0 Å². The van der Waals surface area contributed by atoms with E-state index in [9.17, 15) is 14.7 Å². The van der Waals surface area contributed by atoms with Gasteiger partial charge in [0.1, 0.15) is 5.75 Å². The van der Waals surface area contributed by atoms with Crippen LogP contribution in [0.2, 0.25) is 0 Å². The van der Waals surface area contributed by atoms with Crippen LogP contribution in [0.15, 0.2) is 78.0 Å². The maximum Gasteiger partial charge on any atom is 0.257 e. The third-order valence-electron chi connectivity index (χ3n) is 4.59. The van der Waals surface area contributed by atoms with Crippen molar-refractivity contribution in [1.29, 1.82) is 0 Å². The number of carbonyl (C=O) groups is 2. The molecular weight excluding hydrogens is 440 g/mol. The van der Waals surface area contributed by atoms with E-state index in [1.165, 1.54) is 16.8 Å². The van der Waals surface area contributed by atoms with Crippen molar-refractivity contribution in [1.82, 2.24) is 20.2 Å². The van der Waals surface area contributed by atoms with Gasteiger partial charge in [0, 0.05) is 5.69 Å². The van der Waals surface area contributed by atoms with Crippen LogP contribution in [-0.4, -0.2) is 42.9 Å². The maximum atomic E-state index is 12.8. The molecule has 1 aromatic heterocycles. The van der Waals surface area contributed by atoms with Gasteiger partial charge < -0.3 is 15.7 Å². The lowest BCUT2D eigenvalue weighted by Gasteiger charge is -2.12. The zero-order valence-corrected chi connectivity index (χ0v) is 18.4. The Kier molecular flexibility index (Phi) is 6.65. The number of tetrazole rings is 1. The van der Waals surface area contributed by atoms with Crippen LogP contribution in [0.25, 0.3) is 5.69 Å². The number of nitrogens with one attached hydrogen (secondary N) is 2. The third-order valence-corrected chi connectivity index (χ3v) is 5.51.